The predicted octanol–water partition coefficient (Wildman–Crippen LogP) is 17.3. The molecule has 0 saturated carbocycles. The summed E-state index contributed by atoms with van der Waals surface area (Å²) in [5, 5.41) is 2.20. The Hall–Kier alpha value is -6.49. The summed E-state index contributed by atoms with van der Waals surface area (Å²) in [6, 6.07) is 55.2. The van der Waals surface area contributed by atoms with Gasteiger partial charge in [-0.2, -0.15) is 6.07 Å². The molecular weight excluding hydrogens is 1020 g/mol. The van der Waals surface area contributed by atoms with Gasteiger partial charge in [0.15, 0.2) is 0 Å². The van der Waals surface area contributed by atoms with Crippen LogP contribution in [0.5, 0.6) is 11.5 Å². The van der Waals surface area contributed by atoms with Crippen LogP contribution in [0.3, 0.4) is 0 Å². The molecule has 0 unspecified atom stereocenters. The molecule has 2 aromatic heterocycles. The van der Waals surface area contributed by atoms with Crippen LogP contribution < -0.4 is 14.5 Å². The summed E-state index contributed by atoms with van der Waals surface area (Å²) in [5.74, 6) is 2.73. The number of para-hydroxylation sites is 1. The van der Waals surface area contributed by atoms with Gasteiger partial charge in [-0.15, -0.1) is 53.6 Å². The molecule has 3 heterocycles. The van der Waals surface area contributed by atoms with E-state index >= 15 is 0 Å². The molecule has 0 fully saturated rings. The van der Waals surface area contributed by atoms with E-state index in [0.29, 0.717) is 11.5 Å². The Balaban J connectivity index is 0.00000578. The zero-order valence-corrected chi connectivity index (χ0v) is 42.4. The Labute approximate surface area is 415 Å². The minimum atomic E-state index is -0.238. The minimum Gasteiger partial charge on any atom is -0.509 e. The van der Waals surface area contributed by atoms with Gasteiger partial charge in [0.1, 0.15) is 11.6 Å². The van der Waals surface area contributed by atoms with Crippen LogP contribution in [0.1, 0.15) is 107 Å². The average Bonchev–Trinajstić information content (AvgIpc) is 3.86. The molecule has 0 bridgehead atoms. The summed E-state index contributed by atoms with van der Waals surface area (Å²) in [7, 11) is 0. The minimum absolute atomic E-state index is 0. The van der Waals surface area contributed by atoms with Crippen molar-refractivity contribution in [3.05, 3.63) is 198 Å². The maximum absolute atomic E-state index is 14.1. The fourth-order valence-corrected chi connectivity index (χ4v) is 9.81. The normalized spacial score (nSPS) is 12.6. The second kappa shape index (κ2) is 18.9. The van der Waals surface area contributed by atoms with Crippen molar-refractivity contribution in [3.63, 3.8) is 0 Å². The van der Waals surface area contributed by atoms with E-state index in [1.165, 1.54) is 33.4 Å². The van der Waals surface area contributed by atoms with Gasteiger partial charge in [-0.3, -0.25) is 0 Å². The zero-order chi connectivity index (χ0) is 46.7. The van der Waals surface area contributed by atoms with Crippen molar-refractivity contribution in [1.82, 2.24) is 9.55 Å². The van der Waals surface area contributed by atoms with E-state index in [9.17, 15) is 4.39 Å². The van der Waals surface area contributed by atoms with Crippen molar-refractivity contribution in [3.8, 4) is 39.6 Å². The molecule has 0 radical (unpaired) electrons. The third-order valence-electron chi connectivity index (χ3n) is 13.1. The molecule has 0 N–H and O–H groups in total. The molecule has 0 saturated heterocycles. The Bertz CT molecular complexity index is 3240. The van der Waals surface area contributed by atoms with Crippen molar-refractivity contribution in [2.24, 2.45) is 0 Å². The van der Waals surface area contributed by atoms with Crippen molar-refractivity contribution in [2.45, 2.75) is 86.0 Å². The molecule has 68 heavy (non-hydrogen) atoms. The van der Waals surface area contributed by atoms with E-state index in [1.807, 2.05) is 42.6 Å². The molecule has 346 valence electrons. The Kier molecular flexibility index (Phi) is 12.9. The number of hydrogen-bond donors (Lipinski definition) is 0. The van der Waals surface area contributed by atoms with E-state index in [0.717, 1.165) is 67.1 Å². The van der Waals surface area contributed by atoms with Crippen LogP contribution in [0, 0.1) is 31.5 Å². The van der Waals surface area contributed by atoms with Gasteiger partial charge in [0.05, 0.1) is 0 Å². The van der Waals surface area contributed by atoms with Crippen LogP contribution in [0.25, 0.3) is 49.9 Å². The van der Waals surface area contributed by atoms with E-state index < -0.39 is 0 Å². The standard InChI is InChI=1S/C61H56FN4O.Pt/c1-37(2)49-16-14-17-50(38(3)4)60(49)44-30-46(34-48(31-44)67-47-25-26-52-51-15-10-11-18-55(51)66(57(52)35-47)59-19-12-13-28-63-59)64-36-65(58-29-41(9)20-27-56(58)64)61-53(39(5)6)32-43(33-54(61)40(7)8)42-21-23-45(62)24-22-42;/h10-33,36-40H,1-9H3;/q-3;. The SMILES string of the molecule is Cc1ccc2c(c1)N(c1c(C(C)C)cc(-c3ccc(F)cc3)cc1C(C)C)[CH-]N2c1[c-]c(Oc2[c-]c3c(cc2)c2ccccc2n3-c2ccccn2)cc(-c2c(C(C)C)cccc2C(C)C)c1.[Pt]. The average molecular weight is 1080 g/mol. The van der Waals surface area contributed by atoms with Gasteiger partial charge in [-0.25, -0.2) is 9.37 Å². The summed E-state index contributed by atoms with van der Waals surface area (Å²) < 4.78 is 23.3. The second-order valence-corrected chi connectivity index (χ2v) is 19.1. The zero-order valence-electron chi connectivity index (χ0n) is 40.1. The Morgan fingerprint density at radius 2 is 1.24 bits per heavy atom. The third-order valence-corrected chi connectivity index (χ3v) is 13.1. The molecule has 9 aromatic rings. The van der Waals surface area contributed by atoms with Crippen LogP contribution in [0.4, 0.5) is 27.1 Å². The van der Waals surface area contributed by atoms with Crippen molar-refractivity contribution in [2.75, 3.05) is 9.80 Å². The fraction of sp³-hybridized carbons (Fsp3) is 0.213. The molecule has 1 aliphatic heterocycles. The molecule has 10 rings (SSSR count). The summed E-state index contributed by atoms with van der Waals surface area (Å²) in [4.78, 5) is 9.40. The van der Waals surface area contributed by atoms with Gasteiger partial charge in [0.25, 0.3) is 0 Å². The van der Waals surface area contributed by atoms with Crippen LogP contribution in [-0.2, 0) is 21.1 Å². The first kappa shape index (κ1) is 46.6. The van der Waals surface area contributed by atoms with Crippen LogP contribution in [-0.4, -0.2) is 9.55 Å². The van der Waals surface area contributed by atoms with Gasteiger partial charge in [-0.05, 0) is 135 Å². The summed E-state index contributed by atoms with van der Waals surface area (Å²) in [5.41, 5.74) is 16.7. The smallest absolute Gasteiger partial charge is 0.135 e. The first-order chi connectivity index (χ1) is 32.3. The number of anilines is 4. The number of hydrogen-bond acceptors (Lipinski definition) is 4. The number of pyridine rings is 1. The van der Waals surface area contributed by atoms with Crippen molar-refractivity contribution >= 4 is 44.6 Å². The molecule has 5 nitrogen and oxygen atoms in total. The van der Waals surface area contributed by atoms with E-state index in [4.69, 9.17) is 9.72 Å². The number of halogens is 1. The quantitative estimate of drug-likeness (QED) is 0.121. The maximum atomic E-state index is 14.1. The number of rotatable bonds is 11. The van der Waals surface area contributed by atoms with Crippen molar-refractivity contribution < 1.29 is 30.2 Å². The van der Waals surface area contributed by atoms with Crippen LogP contribution in [0.2, 0.25) is 0 Å². The molecular formula is C61H56FN4OPt-3. The molecule has 0 aliphatic carbocycles. The van der Waals surface area contributed by atoms with Gasteiger partial charge >= 0.3 is 0 Å². The van der Waals surface area contributed by atoms with Gasteiger partial charge in [-0.1, -0.05) is 122 Å². The monoisotopic (exact) mass is 1070 g/mol. The second-order valence-electron chi connectivity index (χ2n) is 19.1. The summed E-state index contributed by atoms with van der Waals surface area (Å²) in [6.07, 6.45) is 1.82. The largest absolute Gasteiger partial charge is 0.509 e. The fourth-order valence-electron chi connectivity index (χ4n) is 9.81. The first-order valence-corrected chi connectivity index (χ1v) is 23.6. The molecule has 0 atom stereocenters. The molecule has 0 amide bonds. The van der Waals surface area contributed by atoms with E-state index in [-0.39, 0.29) is 50.6 Å². The molecule has 7 heteroatoms. The summed E-state index contributed by atoms with van der Waals surface area (Å²) >= 11 is 0. The Morgan fingerprint density at radius 1 is 0.559 bits per heavy atom. The van der Waals surface area contributed by atoms with Gasteiger partial charge in [0, 0.05) is 61.3 Å². The number of ether oxygens (including phenoxy) is 1. The number of fused-ring (bicyclic) bond motifs is 4. The molecule has 1 aliphatic rings. The maximum Gasteiger partial charge on any atom is 0.135 e. The topological polar surface area (TPSA) is 33.5 Å². The number of aromatic nitrogens is 2. The number of benzene rings is 7. The van der Waals surface area contributed by atoms with Crippen LogP contribution in [0.15, 0.2) is 146 Å². The third kappa shape index (κ3) is 8.53. The number of nitrogens with zero attached hydrogens (tertiary/aromatic N) is 4. The first-order valence-electron chi connectivity index (χ1n) is 23.6. The predicted molar refractivity (Wildman–Crippen MR) is 276 cm³/mol. The van der Waals surface area contributed by atoms with E-state index in [1.54, 1.807) is 12.1 Å². The van der Waals surface area contributed by atoms with Crippen molar-refractivity contribution in [1.29, 1.82) is 0 Å². The summed E-state index contributed by atoms with van der Waals surface area (Å²) in [6.45, 7) is 22.5. The molecule has 7 aromatic carbocycles. The van der Waals surface area contributed by atoms with Gasteiger partial charge in [0.2, 0.25) is 0 Å². The molecule has 0 spiro atoms. The van der Waals surface area contributed by atoms with Gasteiger partial charge < -0.3 is 19.1 Å². The van der Waals surface area contributed by atoms with E-state index in [2.05, 4.69) is 186 Å². The van der Waals surface area contributed by atoms with Crippen LogP contribution >= 0.6 is 0 Å². The number of aryl methyl sites for hydroxylation is 1. The Morgan fingerprint density at radius 3 is 1.90 bits per heavy atom.